The van der Waals surface area contributed by atoms with Crippen molar-refractivity contribution in [2.24, 2.45) is 0 Å². The van der Waals surface area contributed by atoms with Crippen LogP contribution in [-0.2, 0) is 0 Å². The van der Waals surface area contributed by atoms with Crippen LogP contribution in [-0.4, -0.2) is 17.8 Å². The molecule has 1 unspecified atom stereocenters. The lowest BCUT2D eigenvalue weighted by Crippen LogP contribution is -2.16. The lowest BCUT2D eigenvalue weighted by atomic mass is 9.95. The van der Waals surface area contributed by atoms with E-state index in [0.717, 1.165) is 28.0 Å². The van der Waals surface area contributed by atoms with Gasteiger partial charge >= 0.3 is 0 Å². The van der Waals surface area contributed by atoms with Gasteiger partial charge in [0.1, 0.15) is 11.4 Å². The molecular formula is C16H20O2. The van der Waals surface area contributed by atoms with Crippen LogP contribution in [0.1, 0.15) is 29.2 Å². The van der Waals surface area contributed by atoms with Crippen LogP contribution < -0.4 is 4.74 Å². The molecule has 1 N–H and O–H groups in total. The van der Waals surface area contributed by atoms with Crippen molar-refractivity contribution in [1.29, 1.82) is 0 Å². The van der Waals surface area contributed by atoms with E-state index in [0.29, 0.717) is 0 Å². The third-order valence-corrected chi connectivity index (χ3v) is 3.20. The first-order valence-electron chi connectivity index (χ1n) is 5.86. The molecule has 0 heterocycles. The fourth-order valence-corrected chi connectivity index (χ4v) is 1.83. The second-order valence-electron chi connectivity index (χ2n) is 4.68. The number of terminal acetylenes is 1. The summed E-state index contributed by atoms with van der Waals surface area (Å²) in [6, 6.07) is 1.99. The average molecular weight is 244 g/mol. The van der Waals surface area contributed by atoms with Crippen LogP contribution in [0.4, 0.5) is 0 Å². The monoisotopic (exact) mass is 244 g/mol. The summed E-state index contributed by atoms with van der Waals surface area (Å²) < 4.78 is 5.32. The quantitative estimate of drug-likeness (QED) is 0.828. The maximum atomic E-state index is 9.79. The minimum atomic E-state index is -1.22. The molecule has 1 aromatic rings. The molecule has 0 aliphatic heterocycles. The largest absolute Gasteiger partial charge is 0.496 e. The Morgan fingerprint density at radius 1 is 1.33 bits per heavy atom. The maximum absolute atomic E-state index is 9.79. The highest BCUT2D eigenvalue weighted by Gasteiger charge is 2.13. The summed E-state index contributed by atoms with van der Waals surface area (Å²) >= 11 is 0. The molecular weight excluding hydrogens is 224 g/mol. The predicted octanol–water partition coefficient (Wildman–Crippen LogP) is 3.02. The summed E-state index contributed by atoms with van der Waals surface area (Å²) in [5, 5.41) is 9.79. The summed E-state index contributed by atoms with van der Waals surface area (Å²) in [4.78, 5) is 0. The molecule has 96 valence electrons. The summed E-state index contributed by atoms with van der Waals surface area (Å²) in [5.74, 6) is 3.21. The molecule has 2 heteroatoms. The zero-order valence-corrected chi connectivity index (χ0v) is 11.7. The Labute approximate surface area is 109 Å². The van der Waals surface area contributed by atoms with Crippen LogP contribution in [0.5, 0.6) is 5.75 Å². The van der Waals surface area contributed by atoms with Crippen molar-refractivity contribution in [3.63, 3.8) is 0 Å². The Hall–Kier alpha value is -1.72. The van der Waals surface area contributed by atoms with Crippen LogP contribution in [0.15, 0.2) is 12.1 Å². The van der Waals surface area contributed by atoms with Gasteiger partial charge in [-0.15, -0.1) is 6.42 Å². The predicted molar refractivity (Wildman–Crippen MR) is 75.7 cm³/mol. The summed E-state index contributed by atoms with van der Waals surface area (Å²) in [5.41, 5.74) is 3.19. The molecule has 1 aromatic carbocycles. The molecule has 0 aromatic heterocycles. The van der Waals surface area contributed by atoms with Crippen LogP contribution in [0.2, 0.25) is 0 Å². The third-order valence-electron chi connectivity index (χ3n) is 3.20. The number of hydrogen-bond donors (Lipinski definition) is 1. The van der Waals surface area contributed by atoms with E-state index in [1.165, 1.54) is 0 Å². The van der Waals surface area contributed by atoms with E-state index in [1.807, 2.05) is 32.9 Å². The number of hydrogen-bond acceptors (Lipinski definition) is 2. The lowest BCUT2D eigenvalue weighted by molar-refractivity contribution is 0.175. The second kappa shape index (κ2) is 5.29. The van der Waals surface area contributed by atoms with Crippen molar-refractivity contribution in [3.8, 4) is 18.1 Å². The number of rotatable bonds is 3. The zero-order valence-electron chi connectivity index (χ0n) is 11.7. The van der Waals surface area contributed by atoms with Gasteiger partial charge in [-0.25, -0.2) is 0 Å². The van der Waals surface area contributed by atoms with Crippen molar-refractivity contribution < 1.29 is 9.84 Å². The van der Waals surface area contributed by atoms with Gasteiger partial charge in [0.25, 0.3) is 0 Å². The van der Waals surface area contributed by atoms with Gasteiger partial charge in [0.05, 0.1) is 7.11 Å². The van der Waals surface area contributed by atoms with Crippen LogP contribution in [0.3, 0.4) is 0 Å². The maximum Gasteiger partial charge on any atom is 0.141 e. The molecule has 1 rings (SSSR count). The molecule has 0 radical (unpaired) electrons. The van der Waals surface area contributed by atoms with Crippen LogP contribution >= 0.6 is 0 Å². The Balaban J connectivity index is 3.28. The van der Waals surface area contributed by atoms with Gasteiger partial charge in [-0.1, -0.05) is 12.0 Å². The van der Waals surface area contributed by atoms with E-state index in [1.54, 1.807) is 20.1 Å². The van der Waals surface area contributed by atoms with Gasteiger partial charge in [0.15, 0.2) is 0 Å². The van der Waals surface area contributed by atoms with Crippen molar-refractivity contribution in [3.05, 3.63) is 34.4 Å². The SMILES string of the molecule is C#CC(C)(O)C=Cc1c(C)cc(OC)c(C)c1C. The number of benzene rings is 1. The third kappa shape index (κ3) is 2.94. The zero-order chi connectivity index (χ0) is 13.9. The summed E-state index contributed by atoms with van der Waals surface area (Å²) in [6.07, 6.45) is 8.76. The molecule has 0 saturated carbocycles. The van der Waals surface area contributed by atoms with Crippen LogP contribution in [0.25, 0.3) is 6.08 Å². The second-order valence-corrected chi connectivity index (χ2v) is 4.68. The fraction of sp³-hybridized carbons (Fsp3) is 0.375. The highest BCUT2D eigenvalue weighted by Crippen LogP contribution is 2.28. The first-order chi connectivity index (χ1) is 8.32. The summed E-state index contributed by atoms with van der Waals surface area (Å²) in [7, 11) is 1.67. The molecule has 18 heavy (non-hydrogen) atoms. The van der Waals surface area contributed by atoms with Gasteiger partial charge in [0, 0.05) is 0 Å². The van der Waals surface area contributed by atoms with E-state index in [2.05, 4.69) is 5.92 Å². The van der Waals surface area contributed by atoms with E-state index in [4.69, 9.17) is 11.2 Å². The molecule has 2 nitrogen and oxygen atoms in total. The Morgan fingerprint density at radius 3 is 2.44 bits per heavy atom. The molecule has 0 aliphatic carbocycles. The number of ether oxygens (including phenoxy) is 1. The van der Waals surface area contributed by atoms with Crippen molar-refractivity contribution in [2.45, 2.75) is 33.3 Å². The van der Waals surface area contributed by atoms with Gasteiger partial charge in [-0.2, -0.15) is 0 Å². The molecule has 0 amide bonds. The van der Waals surface area contributed by atoms with E-state index < -0.39 is 5.60 Å². The van der Waals surface area contributed by atoms with Crippen LogP contribution in [0, 0.1) is 33.1 Å². The minimum absolute atomic E-state index is 0.880. The van der Waals surface area contributed by atoms with Gasteiger partial charge < -0.3 is 9.84 Å². The molecule has 0 fully saturated rings. The van der Waals surface area contributed by atoms with E-state index >= 15 is 0 Å². The molecule has 0 spiro atoms. The average Bonchev–Trinajstić information content (AvgIpc) is 2.33. The number of methoxy groups -OCH3 is 1. The number of aryl methyl sites for hydroxylation is 1. The van der Waals surface area contributed by atoms with E-state index in [9.17, 15) is 5.11 Å². The van der Waals surface area contributed by atoms with Gasteiger partial charge in [0.2, 0.25) is 0 Å². The molecule has 1 atom stereocenters. The number of aliphatic hydroxyl groups is 1. The molecule has 0 saturated heterocycles. The smallest absolute Gasteiger partial charge is 0.141 e. The fourth-order valence-electron chi connectivity index (χ4n) is 1.83. The topological polar surface area (TPSA) is 29.5 Å². The van der Waals surface area contributed by atoms with Gasteiger partial charge in [-0.05, 0) is 62.1 Å². The highest BCUT2D eigenvalue weighted by molar-refractivity contribution is 5.63. The first kappa shape index (κ1) is 14.3. The highest BCUT2D eigenvalue weighted by atomic mass is 16.5. The Kier molecular flexibility index (Phi) is 4.21. The minimum Gasteiger partial charge on any atom is -0.496 e. The van der Waals surface area contributed by atoms with Crippen molar-refractivity contribution in [2.75, 3.05) is 7.11 Å². The van der Waals surface area contributed by atoms with Crippen molar-refractivity contribution in [1.82, 2.24) is 0 Å². The van der Waals surface area contributed by atoms with Gasteiger partial charge in [-0.3, -0.25) is 0 Å². The Bertz CT molecular complexity index is 517. The molecule has 0 bridgehead atoms. The Morgan fingerprint density at radius 2 is 1.94 bits per heavy atom. The van der Waals surface area contributed by atoms with Crippen molar-refractivity contribution >= 4 is 6.08 Å². The summed E-state index contributed by atoms with van der Waals surface area (Å²) in [6.45, 7) is 7.66. The first-order valence-corrected chi connectivity index (χ1v) is 5.86. The lowest BCUT2D eigenvalue weighted by Gasteiger charge is -2.15. The van der Waals surface area contributed by atoms with E-state index in [-0.39, 0.29) is 0 Å². The molecule has 0 aliphatic rings. The standard InChI is InChI=1S/C16H20O2/c1-7-16(5,17)9-8-14-11(2)10-15(18-6)13(4)12(14)3/h1,8-10,17H,2-6H3. The normalized spacial score (nSPS) is 14.3.